The lowest BCUT2D eigenvalue weighted by atomic mass is 9.97. The Labute approximate surface area is 83.4 Å². The molecule has 0 aromatic rings. The van der Waals surface area contributed by atoms with E-state index >= 15 is 0 Å². The monoisotopic (exact) mass is 194 g/mol. The number of allylic oxidation sites excluding steroid dienone is 3. The highest BCUT2D eigenvalue weighted by atomic mass is 16.5. The van der Waals surface area contributed by atoms with E-state index in [0.29, 0.717) is 12.0 Å². The minimum absolute atomic E-state index is 0.152. The predicted molar refractivity (Wildman–Crippen MR) is 52.7 cm³/mol. The highest BCUT2D eigenvalue weighted by molar-refractivity contribution is 6.19. The fraction of sp³-hybridized carbons (Fsp3) is 0.455. The SMILES string of the molecule is CCCCC1=CC(=O)C=C(OC)C1=O. The summed E-state index contributed by atoms with van der Waals surface area (Å²) in [6.07, 6.45) is 5.22. The Morgan fingerprint density at radius 2 is 2.00 bits per heavy atom. The third kappa shape index (κ3) is 2.31. The van der Waals surface area contributed by atoms with Gasteiger partial charge in [-0.1, -0.05) is 13.3 Å². The van der Waals surface area contributed by atoms with Crippen LogP contribution in [-0.2, 0) is 14.3 Å². The molecule has 0 aromatic carbocycles. The summed E-state index contributed by atoms with van der Waals surface area (Å²) in [5.74, 6) is -0.156. The zero-order chi connectivity index (χ0) is 10.6. The number of ether oxygens (including phenoxy) is 1. The van der Waals surface area contributed by atoms with Crippen LogP contribution in [0.15, 0.2) is 23.5 Å². The van der Waals surface area contributed by atoms with Crippen LogP contribution in [0.4, 0.5) is 0 Å². The number of hydrogen-bond donors (Lipinski definition) is 0. The molecule has 1 aliphatic carbocycles. The van der Waals surface area contributed by atoms with E-state index in [-0.39, 0.29) is 17.3 Å². The number of unbranched alkanes of at least 4 members (excludes halogenated alkanes) is 1. The minimum Gasteiger partial charge on any atom is -0.493 e. The topological polar surface area (TPSA) is 43.4 Å². The van der Waals surface area contributed by atoms with E-state index in [1.54, 1.807) is 0 Å². The second kappa shape index (κ2) is 4.74. The van der Waals surface area contributed by atoms with Gasteiger partial charge in [0.25, 0.3) is 0 Å². The van der Waals surface area contributed by atoms with Gasteiger partial charge in [-0.3, -0.25) is 9.59 Å². The van der Waals surface area contributed by atoms with E-state index in [2.05, 4.69) is 0 Å². The molecule has 76 valence electrons. The number of ketones is 2. The highest BCUT2D eigenvalue weighted by Crippen LogP contribution is 2.18. The Morgan fingerprint density at radius 3 is 2.57 bits per heavy atom. The van der Waals surface area contributed by atoms with Gasteiger partial charge in [0.05, 0.1) is 7.11 Å². The first-order valence-electron chi connectivity index (χ1n) is 4.74. The summed E-state index contributed by atoms with van der Waals surface area (Å²) in [7, 11) is 1.40. The summed E-state index contributed by atoms with van der Waals surface area (Å²) < 4.78 is 4.83. The third-order valence-electron chi connectivity index (χ3n) is 2.12. The fourth-order valence-corrected chi connectivity index (χ4v) is 1.34. The Hall–Kier alpha value is -1.38. The van der Waals surface area contributed by atoms with Crippen LogP contribution in [0.2, 0.25) is 0 Å². The molecule has 0 amide bonds. The second-order valence-corrected chi connectivity index (χ2v) is 3.22. The van der Waals surface area contributed by atoms with Gasteiger partial charge in [-0.2, -0.15) is 0 Å². The van der Waals surface area contributed by atoms with Crippen LogP contribution >= 0.6 is 0 Å². The number of hydrogen-bond acceptors (Lipinski definition) is 3. The highest BCUT2D eigenvalue weighted by Gasteiger charge is 2.21. The molecular weight excluding hydrogens is 180 g/mol. The Kier molecular flexibility index (Phi) is 3.63. The molecule has 0 saturated heterocycles. The van der Waals surface area contributed by atoms with Crippen molar-refractivity contribution in [1.29, 1.82) is 0 Å². The van der Waals surface area contributed by atoms with Crippen molar-refractivity contribution in [3.8, 4) is 0 Å². The summed E-state index contributed by atoms with van der Waals surface area (Å²) in [5, 5.41) is 0. The van der Waals surface area contributed by atoms with E-state index in [1.807, 2.05) is 6.92 Å². The van der Waals surface area contributed by atoms with Gasteiger partial charge in [-0.05, 0) is 18.9 Å². The van der Waals surface area contributed by atoms with Crippen LogP contribution in [0.25, 0.3) is 0 Å². The number of carbonyl (C=O) groups excluding carboxylic acids is 2. The van der Waals surface area contributed by atoms with Gasteiger partial charge in [0.1, 0.15) is 0 Å². The van der Waals surface area contributed by atoms with Crippen molar-refractivity contribution in [3.05, 3.63) is 23.5 Å². The fourth-order valence-electron chi connectivity index (χ4n) is 1.34. The molecule has 0 N–H and O–H groups in total. The first kappa shape index (κ1) is 10.7. The minimum atomic E-state index is -0.160. The summed E-state index contributed by atoms with van der Waals surface area (Å²) in [4.78, 5) is 22.8. The van der Waals surface area contributed by atoms with Crippen molar-refractivity contribution in [1.82, 2.24) is 0 Å². The van der Waals surface area contributed by atoms with Crippen molar-refractivity contribution < 1.29 is 14.3 Å². The maximum absolute atomic E-state index is 11.6. The van der Waals surface area contributed by atoms with E-state index in [1.165, 1.54) is 19.3 Å². The molecule has 0 heterocycles. The molecule has 0 spiro atoms. The maximum atomic E-state index is 11.6. The normalized spacial score (nSPS) is 16.4. The Bertz CT molecular complexity index is 310. The first-order chi connectivity index (χ1) is 6.69. The molecule has 0 unspecified atom stereocenters. The number of rotatable bonds is 4. The number of Topliss-reactive ketones (excluding diaryl/α,β-unsaturated/α-hetero) is 1. The van der Waals surface area contributed by atoms with Gasteiger partial charge in [-0.25, -0.2) is 0 Å². The largest absolute Gasteiger partial charge is 0.493 e. The molecule has 0 aromatic heterocycles. The molecule has 3 heteroatoms. The van der Waals surface area contributed by atoms with E-state index in [4.69, 9.17) is 4.74 Å². The molecule has 1 rings (SSSR count). The van der Waals surface area contributed by atoms with Gasteiger partial charge in [0.2, 0.25) is 5.78 Å². The van der Waals surface area contributed by atoms with Gasteiger partial charge in [0.15, 0.2) is 11.5 Å². The van der Waals surface area contributed by atoms with E-state index < -0.39 is 0 Å². The average molecular weight is 194 g/mol. The standard InChI is InChI=1S/C11H14O3/c1-3-4-5-8-6-9(12)7-10(14-2)11(8)13/h6-7H,3-5H2,1-2H3. The van der Waals surface area contributed by atoms with E-state index in [0.717, 1.165) is 12.8 Å². The van der Waals surface area contributed by atoms with Gasteiger partial charge in [0, 0.05) is 11.6 Å². The molecule has 0 bridgehead atoms. The number of methoxy groups -OCH3 is 1. The predicted octanol–water partition coefficient (Wildman–Crippen LogP) is 1.79. The third-order valence-corrected chi connectivity index (χ3v) is 2.12. The average Bonchev–Trinajstić information content (AvgIpc) is 2.18. The molecule has 0 saturated carbocycles. The van der Waals surface area contributed by atoms with Gasteiger partial charge >= 0.3 is 0 Å². The molecule has 14 heavy (non-hydrogen) atoms. The lowest BCUT2D eigenvalue weighted by molar-refractivity contribution is -0.117. The summed E-state index contributed by atoms with van der Waals surface area (Å²) >= 11 is 0. The first-order valence-corrected chi connectivity index (χ1v) is 4.74. The summed E-state index contributed by atoms with van der Waals surface area (Å²) in [5.41, 5.74) is 0.566. The molecule has 0 atom stereocenters. The molecule has 0 radical (unpaired) electrons. The Morgan fingerprint density at radius 1 is 1.29 bits per heavy atom. The molecule has 3 nitrogen and oxygen atoms in total. The quantitative estimate of drug-likeness (QED) is 0.641. The van der Waals surface area contributed by atoms with E-state index in [9.17, 15) is 9.59 Å². The maximum Gasteiger partial charge on any atom is 0.223 e. The van der Waals surface area contributed by atoms with Crippen LogP contribution in [-0.4, -0.2) is 18.7 Å². The molecule has 1 aliphatic rings. The van der Waals surface area contributed by atoms with Crippen LogP contribution in [0, 0.1) is 0 Å². The van der Waals surface area contributed by atoms with Crippen LogP contribution in [0.5, 0.6) is 0 Å². The van der Waals surface area contributed by atoms with Crippen molar-refractivity contribution in [3.63, 3.8) is 0 Å². The Balaban J connectivity index is 2.77. The van der Waals surface area contributed by atoms with Crippen molar-refractivity contribution >= 4 is 11.6 Å². The second-order valence-electron chi connectivity index (χ2n) is 3.22. The zero-order valence-corrected chi connectivity index (χ0v) is 8.50. The van der Waals surface area contributed by atoms with Gasteiger partial charge in [-0.15, -0.1) is 0 Å². The van der Waals surface area contributed by atoms with Gasteiger partial charge < -0.3 is 4.74 Å². The molecular formula is C11H14O3. The lowest BCUT2D eigenvalue weighted by Crippen LogP contribution is -2.15. The smallest absolute Gasteiger partial charge is 0.223 e. The van der Waals surface area contributed by atoms with Crippen molar-refractivity contribution in [2.45, 2.75) is 26.2 Å². The zero-order valence-electron chi connectivity index (χ0n) is 8.50. The molecule has 0 aliphatic heterocycles. The summed E-state index contributed by atoms with van der Waals surface area (Å²) in [6.45, 7) is 2.04. The summed E-state index contributed by atoms with van der Waals surface area (Å²) in [6, 6.07) is 0. The molecule has 0 fully saturated rings. The van der Waals surface area contributed by atoms with Crippen LogP contribution in [0.1, 0.15) is 26.2 Å². The van der Waals surface area contributed by atoms with Crippen LogP contribution in [0.3, 0.4) is 0 Å². The van der Waals surface area contributed by atoms with Crippen molar-refractivity contribution in [2.24, 2.45) is 0 Å². The van der Waals surface area contributed by atoms with Crippen LogP contribution < -0.4 is 0 Å². The lowest BCUT2D eigenvalue weighted by Gasteiger charge is -2.11. The number of carbonyl (C=O) groups is 2. The van der Waals surface area contributed by atoms with Crippen molar-refractivity contribution in [2.75, 3.05) is 7.11 Å².